The van der Waals surface area contributed by atoms with Crippen molar-refractivity contribution in [3.8, 4) is 0 Å². The van der Waals surface area contributed by atoms with Crippen molar-refractivity contribution in [3.05, 3.63) is 16.8 Å². The molecule has 0 fully saturated rings. The van der Waals surface area contributed by atoms with Gasteiger partial charge in [0.25, 0.3) is 0 Å². The molecule has 2 aromatic rings. The van der Waals surface area contributed by atoms with Gasteiger partial charge < -0.3 is 4.90 Å². The predicted molar refractivity (Wildman–Crippen MR) is 63.8 cm³/mol. The molecule has 3 rings (SSSR count). The molecule has 3 nitrogen and oxygen atoms in total. The van der Waals surface area contributed by atoms with E-state index in [-0.39, 0.29) is 0 Å². The molecule has 1 aliphatic carbocycles. The van der Waals surface area contributed by atoms with Crippen LogP contribution in [0.15, 0.2) is 6.33 Å². The first-order valence-corrected chi connectivity index (χ1v) is 6.01. The van der Waals surface area contributed by atoms with Crippen LogP contribution in [0, 0.1) is 0 Å². The van der Waals surface area contributed by atoms with Crippen LogP contribution in [0.3, 0.4) is 0 Å². The van der Waals surface area contributed by atoms with Crippen molar-refractivity contribution >= 4 is 27.4 Å². The fourth-order valence-corrected chi connectivity index (χ4v) is 3.47. The molecule has 4 heteroatoms. The van der Waals surface area contributed by atoms with Gasteiger partial charge in [0.2, 0.25) is 0 Å². The zero-order valence-electron chi connectivity index (χ0n) is 8.95. The molecule has 1 aliphatic rings. The predicted octanol–water partition coefficient (Wildman–Crippen LogP) is 2.25. The van der Waals surface area contributed by atoms with E-state index in [0.29, 0.717) is 0 Å². The van der Waals surface area contributed by atoms with Crippen LogP contribution in [0.5, 0.6) is 0 Å². The molecule has 78 valence electrons. The van der Waals surface area contributed by atoms with E-state index in [1.165, 1.54) is 35.1 Å². The van der Waals surface area contributed by atoms with Crippen LogP contribution < -0.4 is 4.90 Å². The van der Waals surface area contributed by atoms with Crippen molar-refractivity contribution in [3.63, 3.8) is 0 Å². The Morgan fingerprint density at radius 1 is 1.27 bits per heavy atom. The van der Waals surface area contributed by atoms with Gasteiger partial charge in [-0.15, -0.1) is 11.3 Å². The molecule has 0 unspecified atom stereocenters. The van der Waals surface area contributed by atoms with Gasteiger partial charge in [-0.05, 0) is 24.8 Å². The molecular weight excluding hydrogens is 206 g/mol. The summed E-state index contributed by atoms with van der Waals surface area (Å²) >= 11 is 1.84. The Hall–Kier alpha value is -1.16. The molecule has 0 saturated carbocycles. The lowest BCUT2D eigenvalue weighted by molar-refractivity contribution is 0.916. The zero-order chi connectivity index (χ0) is 10.4. The number of rotatable bonds is 1. The molecule has 0 atom stereocenters. The van der Waals surface area contributed by atoms with Crippen LogP contribution in [0.4, 0.5) is 5.82 Å². The van der Waals surface area contributed by atoms with E-state index in [9.17, 15) is 0 Å². The lowest BCUT2D eigenvalue weighted by Gasteiger charge is -2.12. The Morgan fingerprint density at radius 2 is 2.13 bits per heavy atom. The summed E-state index contributed by atoms with van der Waals surface area (Å²) in [6.07, 6.45) is 5.38. The lowest BCUT2D eigenvalue weighted by Crippen LogP contribution is -2.11. The highest BCUT2D eigenvalue weighted by atomic mass is 32.1. The number of thiophene rings is 1. The van der Waals surface area contributed by atoms with Crippen LogP contribution in [0.1, 0.15) is 16.9 Å². The molecule has 0 radical (unpaired) electrons. The summed E-state index contributed by atoms with van der Waals surface area (Å²) in [4.78, 5) is 13.5. The number of fused-ring (bicyclic) bond motifs is 3. The SMILES string of the molecule is CN(C)c1ncnc2sc3c(c12)CCC3. The van der Waals surface area contributed by atoms with Gasteiger partial charge in [-0.1, -0.05) is 0 Å². The van der Waals surface area contributed by atoms with E-state index >= 15 is 0 Å². The van der Waals surface area contributed by atoms with Crippen LogP contribution in [0.25, 0.3) is 10.2 Å². The Morgan fingerprint density at radius 3 is 2.93 bits per heavy atom. The second-order valence-electron chi connectivity index (χ2n) is 4.13. The number of hydrogen-bond donors (Lipinski definition) is 0. The molecule has 0 saturated heterocycles. The third kappa shape index (κ3) is 1.24. The van der Waals surface area contributed by atoms with E-state index < -0.39 is 0 Å². The van der Waals surface area contributed by atoms with Crippen molar-refractivity contribution in [2.24, 2.45) is 0 Å². The third-order valence-electron chi connectivity index (χ3n) is 2.90. The summed E-state index contributed by atoms with van der Waals surface area (Å²) in [6.45, 7) is 0. The second kappa shape index (κ2) is 3.17. The summed E-state index contributed by atoms with van der Waals surface area (Å²) in [5.41, 5.74) is 1.50. The smallest absolute Gasteiger partial charge is 0.140 e. The minimum absolute atomic E-state index is 1.07. The van der Waals surface area contributed by atoms with Crippen molar-refractivity contribution in [1.29, 1.82) is 0 Å². The van der Waals surface area contributed by atoms with Gasteiger partial charge in [0, 0.05) is 19.0 Å². The Bertz CT molecular complexity index is 516. The average Bonchev–Trinajstić information content (AvgIpc) is 2.75. The van der Waals surface area contributed by atoms with E-state index in [2.05, 4.69) is 14.9 Å². The molecule has 2 aromatic heterocycles. The Kier molecular flexibility index (Phi) is 1.92. The molecular formula is C11H13N3S. The number of nitrogens with zero attached hydrogens (tertiary/aromatic N) is 3. The number of aromatic nitrogens is 2. The van der Waals surface area contributed by atoms with Gasteiger partial charge in [-0.2, -0.15) is 0 Å². The van der Waals surface area contributed by atoms with Crippen LogP contribution >= 0.6 is 11.3 Å². The van der Waals surface area contributed by atoms with E-state index in [1.807, 2.05) is 25.4 Å². The van der Waals surface area contributed by atoms with Gasteiger partial charge in [0.1, 0.15) is 17.0 Å². The van der Waals surface area contributed by atoms with Crippen LogP contribution in [0.2, 0.25) is 0 Å². The first kappa shape index (κ1) is 9.09. The maximum Gasteiger partial charge on any atom is 0.140 e. The van der Waals surface area contributed by atoms with Crippen molar-refractivity contribution < 1.29 is 0 Å². The van der Waals surface area contributed by atoms with E-state index in [1.54, 1.807) is 6.33 Å². The lowest BCUT2D eigenvalue weighted by atomic mass is 10.2. The molecule has 15 heavy (non-hydrogen) atoms. The standard InChI is InChI=1S/C11H13N3S/c1-14(2)10-9-7-4-3-5-8(7)15-11(9)13-6-12-10/h6H,3-5H2,1-2H3. The van der Waals surface area contributed by atoms with Gasteiger partial charge >= 0.3 is 0 Å². The molecule has 0 spiro atoms. The number of hydrogen-bond acceptors (Lipinski definition) is 4. The van der Waals surface area contributed by atoms with Gasteiger partial charge in [0.15, 0.2) is 0 Å². The van der Waals surface area contributed by atoms with Crippen molar-refractivity contribution in [2.45, 2.75) is 19.3 Å². The quantitative estimate of drug-likeness (QED) is 0.736. The monoisotopic (exact) mass is 219 g/mol. The minimum Gasteiger partial charge on any atom is -0.362 e. The maximum absolute atomic E-state index is 4.38. The van der Waals surface area contributed by atoms with Crippen LogP contribution in [-0.2, 0) is 12.8 Å². The Labute approximate surface area is 92.8 Å². The summed E-state index contributed by atoms with van der Waals surface area (Å²) < 4.78 is 0. The fourth-order valence-electron chi connectivity index (χ4n) is 2.25. The maximum atomic E-state index is 4.38. The largest absolute Gasteiger partial charge is 0.362 e. The summed E-state index contributed by atoms with van der Waals surface area (Å²) in [5.74, 6) is 1.07. The summed E-state index contributed by atoms with van der Waals surface area (Å²) in [7, 11) is 4.08. The highest BCUT2D eigenvalue weighted by Crippen LogP contribution is 2.39. The first-order chi connectivity index (χ1) is 7.27. The fraction of sp³-hybridized carbons (Fsp3) is 0.455. The Balaban J connectivity index is 2.36. The normalized spacial score (nSPS) is 14.5. The molecule has 0 bridgehead atoms. The van der Waals surface area contributed by atoms with Crippen LogP contribution in [-0.4, -0.2) is 24.1 Å². The van der Waals surface area contributed by atoms with Gasteiger partial charge in [0.05, 0.1) is 5.39 Å². The van der Waals surface area contributed by atoms with Gasteiger partial charge in [-0.25, -0.2) is 9.97 Å². The van der Waals surface area contributed by atoms with Crippen molar-refractivity contribution in [2.75, 3.05) is 19.0 Å². The zero-order valence-corrected chi connectivity index (χ0v) is 9.77. The summed E-state index contributed by atoms with van der Waals surface area (Å²) in [5, 5.41) is 1.29. The van der Waals surface area contributed by atoms with E-state index in [0.717, 1.165) is 10.6 Å². The van der Waals surface area contributed by atoms with Crippen molar-refractivity contribution in [1.82, 2.24) is 9.97 Å². The molecule has 0 aliphatic heterocycles. The van der Waals surface area contributed by atoms with E-state index in [4.69, 9.17) is 0 Å². The highest BCUT2D eigenvalue weighted by Gasteiger charge is 2.21. The first-order valence-electron chi connectivity index (χ1n) is 5.20. The number of anilines is 1. The topological polar surface area (TPSA) is 29.0 Å². The summed E-state index contributed by atoms with van der Waals surface area (Å²) in [6, 6.07) is 0. The molecule has 0 amide bonds. The number of aryl methyl sites for hydroxylation is 2. The molecule has 0 N–H and O–H groups in total. The third-order valence-corrected chi connectivity index (χ3v) is 4.10. The molecule has 2 heterocycles. The average molecular weight is 219 g/mol. The minimum atomic E-state index is 1.07. The second-order valence-corrected chi connectivity index (χ2v) is 5.21. The molecule has 0 aromatic carbocycles. The highest BCUT2D eigenvalue weighted by molar-refractivity contribution is 7.19. The van der Waals surface area contributed by atoms with Gasteiger partial charge in [-0.3, -0.25) is 0 Å².